The normalized spacial score (nSPS) is 19.8. The monoisotopic (exact) mass is 374 g/mol. The molecule has 1 heterocycles. The highest BCUT2D eigenvalue weighted by Gasteiger charge is 2.44. The number of rotatable bonds is 5. The lowest BCUT2D eigenvalue weighted by Gasteiger charge is -2.31. The Labute approximate surface area is 156 Å². The van der Waals surface area contributed by atoms with Crippen LogP contribution in [0.3, 0.4) is 0 Å². The number of hydrogen-bond acceptors (Lipinski definition) is 4. The molecule has 130 valence electrons. The Hall–Kier alpha value is -1.82. The SMILES string of the molecule is CC1=NN(C(=O)CSCc2ccccc2)[C@@](O)(c2ccc(Cl)cc2)C1. The van der Waals surface area contributed by atoms with Crippen molar-refractivity contribution in [1.29, 1.82) is 0 Å². The third-order valence-electron chi connectivity index (χ3n) is 4.00. The number of benzene rings is 2. The van der Waals surface area contributed by atoms with Crippen molar-refractivity contribution >= 4 is 35.0 Å². The number of hydrogen-bond donors (Lipinski definition) is 1. The molecule has 1 aliphatic rings. The van der Waals surface area contributed by atoms with Gasteiger partial charge in [-0.2, -0.15) is 10.1 Å². The second-order valence-corrected chi connectivity index (χ2v) is 7.44. The predicted octanol–water partition coefficient (Wildman–Crippen LogP) is 4.03. The Morgan fingerprint density at radius 2 is 1.92 bits per heavy atom. The summed E-state index contributed by atoms with van der Waals surface area (Å²) in [7, 11) is 0. The van der Waals surface area contributed by atoms with Crippen molar-refractivity contribution in [3.05, 3.63) is 70.7 Å². The van der Waals surface area contributed by atoms with Crippen molar-refractivity contribution in [1.82, 2.24) is 5.01 Å². The second kappa shape index (κ2) is 7.60. The fourth-order valence-corrected chi connectivity index (χ4v) is 3.77. The number of hydrazone groups is 1. The van der Waals surface area contributed by atoms with Crippen LogP contribution in [0.5, 0.6) is 0 Å². The van der Waals surface area contributed by atoms with E-state index in [1.54, 1.807) is 24.3 Å². The summed E-state index contributed by atoms with van der Waals surface area (Å²) < 4.78 is 0. The van der Waals surface area contributed by atoms with Gasteiger partial charge in [0.25, 0.3) is 5.91 Å². The molecule has 6 heteroatoms. The first-order valence-corrected chi connectivity index (χ1v) is 9.49. The first kappa shape index (κ1) is 18.0. The Kier molecular flexibility index (Phi) is 5.47. The molecule has 0 aliphatic carbocycles. The summed E-state index contributed by atoms with van der Waals surface area (Å²) in [5.41, 5.74) is 1.05. The van der Waals surface area contributed by atoms with E-state index in [1.165, 1.54) is 16.8 Å². The largest absolute Gasteiger partial charge is 0.365 e. The minimum absolute atomic E-state index is 0.213. The number of halogens is 1. The van der Waals surface area contributed by atoms with E-state index in [-0.39, 0.29) is 11.7 Å². The number of amides is 1. The molecule has 0 spiro atoms. The molecule has 1 atom stereocenters. The van der Waals surface area contributed by atoms with Gasteiger partial charge in [-0.1, -0.05) is 54.1 Å². The van der Waals surface area contributed by atoms with Crippen LogP contribution in [-0.4, -0.2) is 27.5 Å². The summed E-state index contributed by atoms with van der Waals surface area (Å²) in [5.74, 6) is 0.777. The van der Waals surface area contributed by atoms with Crippen LogP contribution >= 0.6 is 23.4 Å². The van der Waals surface area contributed by atoms with E-state index in [4.69, 9.17) is 11.6 Å². The van der Waals surface area contributed by atoms with E-state index in [1.807, 2.05) is 37.3 Å². The molecule has 0 aromatic heterocycles. The second-order valence-electron chi connectivity index (χ2n) is 6.02. The third kappa shape index (κ3) is 4.06. The molecule has 0 unspecified atom stereocenters. The highest BCUT2D eigenvalue weighted by Crippen LogP contribution is 2.36. The van der Waals surface area contributed by atoms with Crippen LogP contribution in [0.4, 0.5) is 0 Å². The molecule has 0 saturated carbocycles. The van der Waals surface area contributed by atoms with Crippen molar-refractivity contribution in [2.45, 2.75) is 24.8 Å². The summed E-state index contributed by atoms with van der Waals surface area (Å²) >= 11 is 7.43. The van der Waals surface area contributed by atoms with Gasteiger partial charge in [0, 0.05) is 28.5 Å². The van der Waals surface area contributed by atoms with Crippen LogP contribution in [0.15, 0.2) is 59.7 Å². The van der Waals surface area contributed by atoms with Gasteiger partial charge in [-0.3, -0.25) is 4.79 Å². The van der Waals surface area contributed by atoms with Crippen LogP contribution in [0.1, 0.15) is 24.5 Å². The molecule has 4 nitrogen and oxygen atoms in total. The maximum absolute atomic E-state index is 12.6. The molecule has 1 aliphatic heterocycles. The van der Waals surface area contributed by atoms with Gasteiger partial charge in [0.1, 0.15) is 0 Å². The zero-order chi connectivity index (χ0) is 17.9. The molecule has 3 rings (SSSR count). The van der Waals surface area contributed by atoms with E-state index in [0.717, 1.165) is 17.0 Å². The summed E-state index contributed by atoms with van der Waals surface area (Å²) in [6.07, 6.45) is 0.295. The first-order valence-electron chi connectivity index (χ1n) is 7.96. The third-order valence-corrected chi connectivity index (χ3v) is 5.24. The van der Waals surface area contributed by atoms with Gasteiger partial charge in [0.15, 0.2) is 5.72 Å². The van der Waals surface area contributed by atoms with Gasteiger partial charge in [0.05, 0.1) is 5.75 Å². The lowest BCUT2D eigenvalue weighted by Crippen LogP contribution is -2.44. The first-order chi connectivity index (χ1) is 12.0. The maximum Gasteiger partial charge on any atom is 0.255 e. The number of nitrogens with zero attached hydrogens (tertiary/aromatic N) is 2. The fourth-order valence-electron chi connectivity index (χ4n) is 2.82. The average molecular weight is 375 g/mol. The van der Waals surface area contributed by atoms with Crippen molar-refractivity contribution in [3.8, 4) is 0 Å². The van der Waals surface area contributed by atoms with E-state index < -0.39 is 5.72 Å². The molecule has 1 N–H and O–H groups in total. The quantitative estimate of drug-likeness (QED) is 0.859. The van der Waals surface area contributed by atoms with Crippen LogP contribution in [0.25, 0.3) is 0 Å². The number of aliphatic hydroxyl groups is 1. The van der Waals surface area contributed by atoms with E-state index in [9.17, 15) is 9.90 Å². The summed E-state index contributed by atoms with van der Waals surface area (Å²) in [5, 5.41) is 17.2. The van der Waals surface area contributed by atoms with Crippen LogP contribution in [0.2, 0.25) is 5.02 Å². The molecule has 2 aromatic carbocycles. The number of carbonyl (C=O) groups is 1. The summed E-state index contributed by atoms with van der Waals surface area (Å²) in [6, 6.07) is 16.8. The fraction of sp³-hybridized carbons (Fsp3) is 0.263. The number of carbonyl (C=O) groups excluding carboxylic acids is 1. The van der Waals surface area contributed by atoms with Gasteiger partial charge in [0.2, 0.25) is 0 Å². The van der Waals surface area contributed by atoms with Gasteiger partial charge >= 0.3 is 0 Å². The predicted molar refractivity (Wildman–Crippen MR) is 103 cm³/mol. The smallest absolute Gasteiger partial charge is 0.255 e. The maximum atomic E-state index is 12.6. The van der Waals surface area contributed by atoms with Gasteiger partial charge in [-0.15, -0.1) is 11.8 Å². The van der Waals surface area contributed by atoms with Gasteiger partial charge in [-0.25, -0.2) is 0 Å². The Morgan fingerprint density at radius 3 is 2.60 bits per heavy atom. The standard InChI is InChI=1S/C19H19ClN2O2S/c1-14-11-19(24,16-7-9-17(20)10-8-16)22(21-14)18(23)13-25-12-15-5-3-2-4-6-15/h2-10,24H,11-13H2,1H3/t19-/m0/s1. The average Bonchev–Trinajstić information content (AvgIpc) is 2.92. The molecule has 0 saturated heterocycles. The van der Waals surface area contributed by atoms with Crippen LogP contribution < -0.4 is 0 Å². The van der Waals surface area contributed by atoms with Gasteiger partial charge < -0.3 is 5.11 Å². The lowest BCUT2D eigenvalue weighted by molar-refractivity contribution is -0.154. The van der Waals surface area contributed by atoms with E-state index >= 15 is 0 Å². The van der Waals surface area contributed by atoms with Crippen molar-refractivity contribution in [2.75, 3.05) is 5.75 Å². The molecule has 0 bridgehead atoms. The van der Waals surface area contributed by atoms with E-state index in [2.05, 4.69) is 5.10 Å². The molecule has 1 amide bonds. The Morgan fingerprint density at radius 1 is 1.24 bits per heavy atom. The van der Waals surface area contributed by atoms with Crippen molar-refractivity contribution in [3.63, 3.8) is 0 Å². The van der Waals surface area contributed by atoms with E-state index in [0.29, 0.717) is 17.0 Å². The Bertz CT molecular complexity index is 780. The lowest BCUT2D eigenvalue weighted by atomic mass is 9.98. The molecule has 2 aromatic rings. The topological polar surface area (TPSA) is 52.9 Å². The minimum Gasteiger partial charge on any atom is -0.365 e. The molecule has 25 heavy (non-hydrogen) atoms. The highest BCUT2D eigenvalue weighted by atomic mass is 35.5. The summed E-state index contributed by atoms with van der Waals surface area (Å²) in [4.78, 5) is 12.6. The van der Waals surface area contributed by atoms with Crippen LogP contribution in [0, 0.1) is 0 Å². The number of thioether (sulfide) groups is 1. The minimum atomic E-state index is -1.45. The van der Waals surface area contributed by atoms with Crippen molar-refractivity contribution < 1.29 is 9.90 Å². The zero-order valence-corrected chi connectivity index (χ0v) is 15.4. The van der Waals surface area contributed by atoms with Crippen molar-refractivity contribution in [2.24, 2.45) is 5.10 Å². The molecule has 0 fully saturated rings. The van der Waals surface area contributed by atoms with Crippen LogP contribution in [-0.2, 0) is 16.3 Å². The molecule has 0 radical (unpaired) electrons. The molecular weight excluding hydrogens is 356 g/mol. The molecular formula is C19H19ClN2O2S. The summed E-state index contributed by atoms with van der Waals surface area (Å²) in [6.45, 7) is 1.81. The van der Waals surface area contributed by atoms with Gasteiger partial charge in [-0.05, 0) is 24.6 Å². The highest BCUT2D eigenvalue weighted by molar-refractivity contribution is 7.99. The Balaban J connectivity index is 1.69. The zero-order valence-electron chi connectivity index (χ0n) is 13.9.